The van der Waals surface area contributed by atoms with Crippen LogP contribution in [0.25, 0.3) is 0 Å². The first-order valence-corrected chi connectivity index (χ1v) is 13.9. The molecule has 1 spiro atoms. The maximum absolute atomic E-state index is 11.8. The molecule has 0 aromatic heterocycles. The Morgan fingerprint density at radius 1 is 0.939 bits per heavy atom. The van der Waals surface area contributed by atoms with Crippen molar-refractivity contribution < 1.29 is 24.4 Å². The molecule has 2 N–H and O–H groups in total. The number of rotatable bonds is 1. The summed E-state index contributed by atoms with van der Waals surface area (Å²) in [6.45, 7) is 10.3. The number of hydrogen-bond acceptors (Lipinski definition) is 5. The highest BCUT2D eigenvalue weighted by atomic mass is 16.7. The minimum Gasteiger partial charge on any atom is -0.390 e. The third-order valence-electron chi connectivity index (χ3n) is 12.2. The van der Waals surface area contributed by atoms with E-state index in [0.29, 0.717) is 41.4 Å². The van der Waals surface area contributed by atoms with Crippen molar-refractivity contribution in [3.8, 4) is 0 Å². The largest absolute Gasteiger partial charge is 0.390 e. The van der Waals surface area contributed by atoms with Gasteiger partial charge in [-0.1, -0.05) is 27.7 Å². The average molecular weight is 463 g/mol. The minimum atomic E-state index is -0.486. The SMILES string of the molecule is CO[C@H]1C[C@H]2CC[C@@H]3[C@H]4[C@@H](O)[C@H]5O[C@]6(CC[C@@H](C)CO6)[C@@H](C)[C@H]5[C@]4(C)CC[C@H]3[C@]2(C)C[C@@H]1O. The van der Waals surface area contributed by atoms with E-state index in [1.165, 1.54) is 19.3 Å². The predicted molar refractivity (Wildman–Crippen MR) is 125 cm³/mol. The zero-order chi connectivity index (χ0) is 23.3. The lowest BCUT2D eigenvalue weighted by atomic mass is 9.44. The predicted octanol–water partition coefficient (Wildman–Crippen LogP) is 4.39. The summed E-state index contributed by atoms with van der Waals surface area (Å²) in [5.74, 6) is 2.81. The van der Waals surface area contributed by atoms with E-state index in [-0.39, 0.29) is 29.1 Å². The van der Waals surface area contributed by atoms with Gasteiger partial charge < -0.3 is 24.4 Å². The van der Waals surface area contributed by atoms with E-state index in [1.807, 2.05) is 0 Å². The summed E-state index contributed by atoms with van der Waals surface area (Å²) in [5.41, 5.74) is 0.249. The lowest BCUT2D eigenvalue weighted by Gasteiger charge is -2.62. The van der Waals surface area contributed by atoms with Crippen LogP contribution in [0.15, 0.2) is 0 Å². The first kappa shape index (κ1) is 23.2. The quantitative estimate of drug-likeness (QED) is 0.605. The second kappa shape index (κ2) is 7.65. The van der Waals surface area contributed by atoms with E-state index in [2.05, 4.69) is 27.7 Å². The zero-order valence-corrected chi connectivity index (χ0v) is 21.3. The number of ether oxygens (including phenoxy) is 3. The van der Waals surface area contributed by atoms with E-state index >= 15 is 0 Å². The van der Waals surface area contributed by atoms with Crippen molar-refractivity contribution >= 4 is 0 Å². The van der Waals surface area contributed by atoms with Crippen LogP contribution in [0, 0.1) is 52.3 Å². The highest BCUT2D eigenvalue weighted by Crippen LogP contribution is 2.71. The average Bonchev–Trinajstić information content (AvgIpc) is 3.19. The van der Waals surface area contributed by atoms with Crippen LogP contribution in [0.5, 0.6) is 0 Å². The number of methoxy groups -OCH3 is 1. The molecule has 33 heavy (non-hydrogen) atoms. The highest BCUT2D eigenvalue weighted by Gasteiger charge is 2.72. The molecule has 188 valence electrons. The van der Waals surface area contributed by atoms with E-state index in [1.54, 1.807) is 7.11 Å². The standard InChI is InChI=1S/C28H46O5/c1-15-8-11-28(32-14-15)16(2)22-25(33-28)24(30)23-18-7-6-17-12-21(31-5)20(29)13-27(17,4)19(18)9-10-26(22,23)3/h15-25,29-30H,6-14H2,1-5H3/t15-,16+,17-,18+,19-,20+,21+,22-,23+,24-,25+,26+,27-,28-/m1/s1. The van der Waals surface area contributed by atoms with Crippen LogP contribution < -0.4 is 0 Å². The Labute approximate surface area is 199 Å². The van der Waals surface area contributed by atoms with Crippen LogP contribution in [0.1, 0.15) is 79.1 Å². The van der Waals surface area contributed by atoms with E-state index in [9.17, 15) is 10.2 Å². The monoisotopic (exact) mass is 462 g/mol. The number of aliphatic hydroxyl groups excluding tert-OH is 2. The normalized spacial score (nSPS) is 62.5. The molecule has 6 aliphatic rings. The number of hydrogen-bond donors (Lipinski definition) is 2. The maximum Gasteiger partial charge on any atom is 0.171 e. The van der Waals surface area contributed by atoms with Crippen LogP contribution in [0.4, 0.5) is 0 Å². The summed E-state index contributed by atoms with van der Waals surface area (Å²) in [6, 6.07) is 0. The Morgan fingerprint density at radius 3 is 2.42 bits per heavy atom. The summed E-state index contributed by atoms with van der Waals surface area (Å²) in [6.07, 6.45) is 7.79. The molecular formula is C28H46O5. The molecular weight excluding hydrogens is 416 g/mol. The molecule has 0 bridgehead atoms. The van der Waals surface area contributed by atoms with Crippen LogP contribution >= 0.6 is 0 Å². The zero-order valence-electron chi connectivity index (χ0n) is 21.3. The Hall–Kier alpha value is -0.200. The van der Waals surface area contributed by atoms with Crippen LogP contribution in [-0.2, 0) is 14.2 Å². The van der Waals surface area contributed by atoms with Gasteiger partial charge in [0.2, 0.25) is 0 Å². The molecule has 5 nitrogen and oxygen atoms in total. The lowest BCUT2D eigenvalue weighted by Crippen LogP contribution is -2.58. The van der Waals surface area contributed by atoms with Crippen LogP contribution in [0.3, 0.4) is 0 Å². The van der Waals surface area contributed by atoms with Gasteiger partial charge in [0.05, 0.1) is 31.0 Å². The summed E-state index contributed by atoms with van der Waals surface area (Å²) in [5, 5.41) is 22.7. The molecule has 2 heterocycles. The molecule has 4 aliphatic carbocycles. The van der Waals surface area contributed by atoms with Gasteiger partial charge in [-0.05, 0) is 85.4 Å². The Morgan fingerprint density at radius 2 is 1.73 bits per heavy atom. The molecule has 6 fully saturated rings. The number of aliphatic hydroxyl groups is 2. The van der Waals surface area contributed by atoms with Gasteiger partial charge in [0.15, 0.2) is 5.79 Å². The second-order valence-electron chi connectivity index (χ2n) is 13.6. The third kappa shape index (κ3) is 3.01. The topological polar surface area (TPSA) is 68.2 Å². The van der Waals surface area contributed by atoms with Gasteiger partial charge in [0.25, 0.3) is 0 Å². The van der Waals surface area contributed by atoms with E-state index < -0.39 is 11.9 Å². The first-order chi connectivity index (χ1) is 15.6. The van der Waals surface area contributed by atoms with Crippen LogP contribution in [0.2, 0.25) is 0 Å². The molecule has 0 radical (unpaired) electrons. The summed E-state index contributed by atoms with van der Waals surface area (Å²) >= 11 is 0. The van der Waals surface area contributed by atoms with E-state index in [0.717, 1.165) is 38.7 Å². The first-order valence-electron chi connectivity index (χ1n) is 13.9. The molecule has 0 unspecified atom stereocenters. The Kier molecular flexibility index (Phi) is 5.38. The number of fused-ring (bicyclic) bond motifs is 7. The fourth-order valence-electron chi connectivity index (χ4n) is 10.6. The minimum absolute atomic E-state index is 0.0199. The summed E-state index contributed by atoms with van der Waals surface area (Å²) in [4.78, 5) is 0. The molecule has 2 saturated heterocycles. The third-order valence-corrected chi connectivity index (χ3v) is 12.2. The van der Waals surface area contributed by atoms with Crippen molar-refractivity contribution in [3.05, 3.63) is 0 Å². The lowest BCUT2D eigenvalue weighted by molar-refractivity contribution is -0.282. The molecule has 2 aliphatic heterocycles. The van der Waals surface area contributed by atoms with E-state index in [4.69, 9.17) is 14.2 Å². The fourth-order valence-corrected chi connectivity index (χ4v) is 10.6. The molecule has 6 rings (SSSR count). The van der Waals surface area contributed by atoms with Gasteiger partial charge in [-0.2, -0.15) is 0 Å². The van der Waals surface area contributed by atoms with Gasteiger partial charge in [-0.15, -0.1) is 0 Å². The van der Waals surface area contributed by atoms with Gasteiger partial charge in [-0.25, -0.2) is 0 Å². The van der Waals surface area contributed by atoms with Crippen molar-refractivity contribution in [2.45, 2.75) is 109 Å². The van der Waals surface area contributed by atoms with Crippen molar-refractivity contribution in [1.29, 1.82) is 0 Å². The maximum atomic E-state index is 11.8. The van der Waals surface area contributed by atoms with Gasteiger partial charge >= 0.3 is 0 Å². The van der Waals surface area contributed by atoms with Gasteiger partial charge in [-0.3, -0.25) is 0 Å². The Balaban J connectivity index is 1.28. The smallest absolute Gasteiger partial charge is 0.171 e. The van der Waals surface area contributed by atoms with Crippen molar-refractivity contribution in [2.24, 2.45) is 52.3 Å². The summed E-state index contributed by atoms with van der Waals surface area (Å²) < 4.78 is 18.8. The Bertz CT molecular complexity index is 763. The molecule has 0 aromatic carbocycles. The fraction of sp³-hybridized carbons (Fsp3) is 1.00. The molecule has 0 aromatic rings. The molecule has 0 amide bonds. The summed E-state index contributed by atoms with van der Waals surface area (Å²) in [7, 11) is 1.74. The van der Waals surface area contributed by atoms with Gasteiger partial charge in [0.1, 0.15) is 0 Å². The molecule has 14 atom stereocenters. The van der Waals surface area contributed by atoms with Crippen molar-refractivity contribution in [1.82, 2.24) is 0 Å². The highest BCUT2D eigenvalue weighted by molar-refractivity contribution is 5.18. The van der Waals surface area contributed by atoms with Crippen molar-refractivity contribution in [3.63, 3.8) is 0 Å². The molecule has 4 saturated carbocycles. The van der Waals surface area contributed by atoms with Crippen molar-refractivity contribution in [2.75, 3.05) is 13.7 Å². The second-order valence-corrected chi connectivity index (χ2v) is 13.6. The molecule has 5 heteroatoms. The van der Waals surface area contributed by atoms with Gasteiger partial charge in [0, 0.05) is 25.4 Å². The van der Waals surface area contributed by atoms with Crippen LogP contribution in [-0.4, -0.2) is 54.1 Å².